The quantitative estimate of drug-likeness (QED) is 0.286. The molecule has 4 rings (SSSR count). The average molecular weight is 489 g/mol. The molecular formula is C24H28N10O2. The lowest BCUT2D eigenvalue weighted by Gasteiger charge is -2.25. The van der Waals surface area contributed by atoms with Crippen LogP contribution in [0.4, 0.5) is 23.0 Å². The summed E-state index contributed by atoms with van der Waals surface area (Å²) in [5, 5.41) is 13.7. The van der Waals surface area contributed by atoms with Crippen LogP contribution in [0.3, 0.4) is 0 Å². The molecular weight excluding hydrogens is 460 g/mol. The standard InChI is InChI=1S/C24H28N10O2/c1-6-21(35)29-17-10-18(20(36-5)11-19(17)34(4)8-7-33(2)3)30-24-27-14-26-22(31-24)15-9-16-13-28-32-23(16)25-12-15/h6,9-14H,1,7-8H2,2-5H3,(H,29,35)(H,25,28,32)(H,26,27,30,31). The maximum atomic E-state index is 12.2. The summed E-state index contributed by atoms with van der Waals surface area (Å²) >= 11 is 0. The molecule has 0 aliphatic rings. The van der Waals surface area contributed by atoms with E-state index >= 15 is 0 Å². The van der Waals surface area contributed by atoms with Gasteiger partial charge in [-0.2, -0.15) is 10.1 Å². The normalized spacial score (nSPS) is 10.9. The van der Waals surface area contributed by atoms with E-state index in [4.69, 9.17) is 4.74 Å². The number of nitrogens with zero attached hydrogens (tertiary/aromatic N) is 7. The Hall–Kier alpha value is -4.58. The van der Waals surface area contributed by atoms with E-state index in [9.17, 15) is 4.79 Å². The fourth-order valence-corrected chi connectivity index (χ4v) is 3.48. The second-order valence-corrected chi connectivity index (χ2v) is 8.28. The molecule has 0 saturated carbocycles. The minimum Gasteiger partial charge on any atom is -0.494 e. The Morgan fingerprint density at radius 3 is 2.69 bits per heavy atom. The van der Waals surface area contributed by atoms with E-state index in [-0.39, 0.29) is 5.91 Å². The lowest BCUT2D eigenvalue weighted by molar-refractivity contribution is -0.111. The number of pyridine rings is 1. The van der Waals surface area contributed by atoms with E-state index in [0.717, 1.165) is 29.7 Å². The molecule has 0 unspecified atom stereocenters. The number of benzene rings is 1. The average Bonchev–Trinajstić information content (AvgIpc) is 3.35. The summed E-state index contributed by atoms with van der Waals surface area (Å²) in [4.78, 5) is 33.7. The number of carbonyl (C=O) groups excluding carboxylic acids is 1. The van der Waals surface area contributed by atoms with Gasteiger partial charge in [0.15, 0.2) is 11.5 Å². The summed E-state index contributed by atoms with van der Waals surface area (Å²) in [5.74, 6) is 0.988. The molecule has 0 spiro atoms. The molecule has 12 heteroatoms. The molecule has 0 aliphatic carbocycles. The summed E-state index contributed by atoms with van der Waals surface area (Å²) in [5.41, 5.74) is 3.36. The molecule has 1 aromatic carbocycles. The van der Waals surface area contributed by atoms with Crippen molar-refractivity contribution in [3.63, 3.8) is 0 Å². The van der Waals surface area contributed by atoms with Gasteiger partial charge in [0.25, 0.3) is 0 Å². The second-order valence-electron chi connectivity index (χ2n) is 8.28. The summed E-state index contributed by atoms with van der Waals surface area (Å²) in [7, 11) is 7.55. The van der Waals surface area contributed by atoms with Crippen molar-refractivity contribution in [1.82, 2.24) is 35.0 Å². The van der Waals surface area contributed by atoms with E-state index in [0.29, 0.717) is 34.5 Å². The Morgan fingerprint density at radius 1 is 1.11 bits per heavy atom. The zero-order chi connectivity index (χ0) is 25.7. The molecule has 0 bridgehead atoms. The zero-order valence-corrected chi connectivity index (χ0v) is 20.6. The van der Waals surface area contributed by atoms with E-state index in [1.165, 1.54) is 12.4 Å². The molecule has 0 aliphatic heterocycles. The van der Waals surface area contributed by atoms with Crippen LogP contribution in [0, 0.1) is 0 Å². The van der Waals surface area contributed by atoms with Crippen molar-refractivity contribution in [2.24, 2.45) is 0 Å². The monoisotopic (exact) mass is 488 g/mol. The van der Waals surface area contributed by atoms with E-state index in [2.05, 4.69) is 52.2 Å². The highest BCUT2D eigenvalue weighted by Gasteiger charge is 2.17. The molecule has 0 saturated heterocycles. The van der Waals surface area contributed by atoms with Crippen molar-refractivity contribution in [2.45, 2.75) is 0 Å². The van der Waals surface area contributed by atoms with Gasteiger partial charge in [-0.25, -0.2) is 15.0 Å². The minimum atomic E-state index is -0.321. The largest absolute Gasteiger partial charge is 0.494 e. The Kier molecular flexibility index (Phi) is 7.35. The van der Waals surface area contributed by atoms with Crippen molar-refractivity contribution >= 4 is 40.0 Å². The number of aromatic amines is 1. The number of ether oxygens (including phenoxy) is 1. The third-order valence-corrected chi connectivity index (χ3v) is 5.42. The van der Waals surface area contributed by atoms with Crippen molar-refractivity contribution in [3.8, 4) is 17.1 Å². The highest BCUT2D eigenvalue weighted by atomic mass is 16.5. The predicted molar refractivity (Wildman–Crippen MR) is 140 cm³/mol. The van der Waals surface area contributed by atoms with Crippen molar-refractivity contribution in [2.75, 3.05) is 56.9 Å². The molecule has 12 nitrogen and oxygen atoms in total. The van der Waals surface area contributed by atoms with Crippen molar-refractivity contribution < 1.29 is 9.53 Å². The lowest BCUT2D eigenvalue weighted by atomic mass is 10.2. The molecule has 0 radical (unpaired) electrons. The van der Waals surface area contributed by atoms with Crippen LogP contribution in [0.25, 0.3) is 22.4 Å². The first-order valence-electron chi connectivity index (χ1n) is 11.1. The first-order valence-corrected chi connectivity index (χ1v) is 11.1. The Morgan fingerprint density at radius 2 is 1.94 bits per heavy atom. The van der Waals surface area contributed by atoms with Crippen LogP contribution in [0.15, 0.2) is 49.6 Å². The maximum absolute atomic E-state index is 12.2. The van der Waals surface area contributed by atoms with Crippen LogP contribution >= 0.6 is 0 Å². The lowest BCUT2D eigenvalue weighted by Crippen LogP contribution is -2.29. The predicted octanol–water partition coefficient (Wildman–Crippen LogP) is 2.68. The first kappa shape index (κ1) is 24.5. The van der Waals surface area contributed by atoms with Gasteiger partial charge >= 0.3 is 0 Å². The van der Waals surface area contributed by atoms with E-state index in [1.54, 1.807) is 25.6 Å². The number of H-pyrrole nitrogens is 1. The van der Waals surface area contributed by atoms with Crippen LogP contribution in [0.1, 0.15) is 0 Å². The number of methoxy groups -OCH3 is 1. The summed E-state index contributed by atoms with van der Waals surface area (Å²) in [6.07, 6.45) is 6.00. The van der Waals surface area contributed by atoms with Crippen LogP contribution in [0.5, 0.6) is 5.75 Å². The molecule has 0 fully saturated rings. The fraction of sp³-hybridized carbons (Fsp3) is 0.250. The van der Waals surface area contributed by atoms with Crippen LogP contribution < -0.4 is 20.3 Å². The number of anilines is 4. The highest BCUT2D eigenvalue weighted by Crippen LogP contribution is 2.38. The third-order valence-electron chi connectivity index (χ3n) is 5.42. The number of fused-ring (bicyclic) bond motifs is 1. The number of hydrogen-bond donors (Lipinski definition) is 3. The molecule has 1 amide bonds. The molecule has 36 heavy (non-hydrogen) atoms. The van der Waals surface area contributed by atoms with Gasteiger partial charge in [-0.3, -0.25) is 9.89 Å². The third kappa shape index (κ3) is 5.55. The molecule has 4 aromatic rings. The van der Waals surface area contributed by atoms with Gasteiger partial charge in [-0.15, -0.1) is 0 Å². The summed E-state index contributed by atoms with van der Waals surface area (Å²) < 4.78 is 5.65. The van der Waals surface area contributed by atoms with E-state index < -0.39 is 0 Å². The van der Waals surface area contributed by atoms with Gasteiger partial charge in [0, 0.05) is 43.4 Å². The van der Waals surface area contributed by atoms with Gasteiger partial charge in [0.2, 0.25) is 11.9 Å². The first-order chi connectivity index (χ1) is 17.4. The molecule has 3 heterocycles. The maximum Gasteiger partial charge on any atom is 0.247 e. The van der Waals surface area contributed by atoms with Crippen molar-refractivity contribution in [1.29, 1.82) is 0 Å². The Bertz CT molecular complexity index is 1380. The van der Waals surface area contributed by atoms with E-state index in [1.807, 2.05) is 38.2 Å². The topological polar surface area (TPSA) is 137 Å². The number of aromatic nitrogens is 6. The van der Waals surface area contributed by atoms with Gasteiger partial charge in [-0.05, 0) is 32.3 Å². The highest BCUT2D eigenvalue weighted by molar-refractivity contribution is 6.02. The SMILES string of the molecule is C=CC(=O)Nc1cc(Nc2ncnc(-c3cnc4[nH]ncc4c3)n2)c(OC)cc1N(C)CCN(C)C. The van der Waals surface area contributed by atoms with Crippen LogP contribution in [0.2, 0.25) is 0 Å². The smallest absolute Gasteiger partial charge is 0.247 e. The molecule has 3 aromatic heterocycles. The minimum absolute atomic E-state index is 0.306. The number of amides is 1. The fourth-order valence-electron chi connectivity index (χ4n) is 3.48. The van der Waals surface area contributed by atoms with Gasteiger partial charge in [0.05, 0.1) is 30.4 Å². The zero-order valence-electron chi connectivity index (χ0n) is 20.6. The Balaban J connectivity index is 1.67. The van der Waals surface area contributed by atoms with Crippen LogP contribution in [-0.2, 0) is 4.79 Å². The van der Waals surface area contributed by atoms with Gasteiger partial charge in [0.1, 0.15) is 12.1 Å². The number of rotatable bonds is 10. The van der Waals surface area contributed by atoms with Gasteiger partial charge < -0.3 is 25.2 Å². The van der Waals surface area contributed by atoms with Crippen molar-refractivity contribution in [3.05, 3.63) is 49.6 Å². The number of likely N-dealkylation sites (N-methyl/N-ethyl adjacent to an activating group) is 2. The van der Waals surface area contributed by atoms with Gasteiger partial charge in [-0.1, -0.05) is 6.58 Å². The molecule has 186 valence electrons. The number of hydrogen-bond acceptors (Lipinski definition) is 10. The number of nitrogens with one attached hydrogen (secondary N) is 3. The van der Waals surface area contributed by atoms with Crippen LogP contribution in [-0.4, -0.2) is 82.3 Å². The summed E-state index contributed by atoms with van der Waals surface area (Å²) in [6, 6.07) is 5.53. The number of carbonyl (C=O) groups is 1. The second kappa shape index (κ2) is 10.8. The summed E-state index contributed by atoms with van der Waals surface area (Å²) in [6.45, 7) is 5.13. The molecule has 0 atom stereocenters. The molecule has 3 N–H and O–H groups in total. The Labute approximate surface area is 208 Å².